The van der Waals surface area contributed by atoms with Crippen molar-refractivity contribution in [3.05, 3.63) is 251 Å². The number of halogens is 4. The standard InChI is InChI=1S/2C22H18F2NO.2C5H5.Ti/c2*23-18-13-14-21(20(24)15-18)25-22(26)19-12-5-4-10-17(19)11-6-9-16-7-2-1-3-8-16;2*1-2-4-5-3-1;/h2*1-5,7-8,10,12-14H,6,9,11H2,(H,25,26);2*1-3H,4H2;/q4*-1;+4. The molecule has 316 valence electrons. The zero-order chi connectivity index (χ0) is 43.8. The summed E-state index contributed by atoms with van der Waals surface area (Å²) in [6.07, 6.45) is 25.1. The monoisotopic (exact) mass is 878 g/mol. The third-order valence-electron chi connectivity index (χ3n) is 9.42. The molecule has 0 saturated carbocycles. The van der Waals surface area contributed by atoms with Crippen LogP contribution in [-0.2, 0) is 47.4 Å². The van der Waals surface area contributed by atoms with Crippen LogP contribution in [0, 0.1) is 47.6 Å². The topological polar surface area (TPSA) is 58.2 Å². The molecule has 6 aromatic carbocycles. The third-order valence-corrected chi connectivity index (χ3v) is 9.42. The van der Waals surface area contributed by atoms with E-state index in [4.69, 9.17) is 0 Å². The zero-order valence-electron chi connectivity index (χ0n) is 34.7. The Morgan fingerprint density at radius 1 is 0.476 bits per heavy atom. The van der Waals surface area contributed by atoms with Crippen molar-refractivity contribution < 1.29 is 48.9 Å². The molecule has 0 spiro atoms. The Hall–Kier alpha value is -6.35. The Morgan fingerprint density at radius 3 is 1.19 bits per heavy atom. The van der Waals surface area contributed by atoms with Crippen LogP contribution in [0.15, 0.2) is 170 Å². The van der Waals surface area contributed by atoms with Gasteiger partial charge in [-0.1, -0.05) is 97.1 Å². The van der Waals surface area contributed by atoms with Gasteiger partial charge >= 0.3 is 21.7 Å². The average Bonchev–Trinajstić information content (AvgIpc) is 4.09. The molecule has 0 bridgehead atoms. The van der Waals surface area contributed by atoms with E-state index >= 15 is 0 Å². The van der Waals surface area contributed by atoms with Crippen LogP contribution in [0.1, 0.15) is 68.7 Å². The molecule has 0 radical (unpaired) electrons. The number of anilines is 2. The summed E-state index contributed by atoms with van der Waals surface area (Å²) in [4.78, 5) is 25.0. The van der Waals surface area contributed by atoms with Gasteiger partial charge in [0.2, 0.25) is 11.8 Å². The maximum Gasteiger partial charge on any atom is 4.00 e. The second-order valence-corrected chi connectivity index (χ2v) is 14.0. The summed E-state index contributed by atoms with van der Waals surface area (Å²) in [6.45, 7) is 0. The molecular weight excluding hydrogens is 832 g/mol. The molecule has 0 aliphatic heterocycles. The summed E-state index contributed by atoms with van der Waals surface area (Å²) in [6, 6.07) is 43.1. The largest absolute Gasteiger partial charge is 4.00 e. The van der Waals surface area contributed by atoms with Gasteiger partial charge in [0.1, 0.15) is 0 Å². The van der Waals surface area contributed by atoms with Crippen LogP contribution in [0.25, 0.3) is 0 Å². The number of hydrogen-bond acceptors (Lipinski definition) is 2. The van der Waals surface area contributed by atoms with E-state index < -0.39 is 35.1 Å². The molecule has 0 saturated heterocycles. The first-order valence-electron chi connectivity index (χ1n) is 20.3. The minimum Gasteiger partial charge on any atom is -0.373 e. The SMILES string of the molecule is O=C(Nc1ccc(F)[c-]c1F)c1ccccc1CCCc1ccccc1.O=C(Nc1ccc(F)[c-]c1F)c1ccccc1CCCc1ccccc1.[C-]1=CC=CC1.[C-]1=CC=CC1.[Ti+4]. The second-order valence-electron chi connectivity index (χ2n) is 14.0. The molecule has 2 N–H and O–H groups in total. The molecule has 9 heteroatoms. The molecule has 2 aliphatic carbocycles. The van der Waals surface area contributed by atoms with E-state index in [0.717, 1.165) is 74.6 Å². The van der Waals surface area contributed by atoms with E-state index in [1.165, 1.54) is 23.3 Å². The molecule has 0 fully saturated rings. The molecular formula is C54H46F4N2O2Ti. The van der Waals surface area contributed by atoms with E-state index in [2.05, 4.69) is 59.2 Å². The van der Waals surface area contributed by atoms with Crippen molar-refractivity contribution in [3.8, 4) is 0 Å². The Balaban J connectivity index is 0.000000223. The summed E-state index contributed by atoms with van der Waals surface area (Å²) in [5, 5.41) is 4.98. The number of carbonyl (C=O) groups excluding carboxylic acids is 2. The number of benzene rings is 6. The number of rotatable bonds is 12. The number of carbonyl (C=O) groups is 2. The molecule has 4 nitrogen and oxygen atoms in total. The number of allylic oxidation sites excluding steroid dienone is 8. The van der Waals surface area contributed by atoms with Crippen LogP contribution in [0.5, 0.6) is 0 Å². The third kappa shape index (κ3) is 17.5. The molecule has 63 heavy (non-hydrogen) atoms. The first-order chi connectivity index (χ1) is 30.3. The molecule has 8 rings (SSSR count). The van der Waals surface area contributed by atoms with E-state index in [1.54, 1.807) is 24.3 Å². The maximum absolute atomic E-state index is 13.7. The molecule has 6 aromatic rings. The average molecular weight is 879 g/mol. The van der Waals surface area contributed by atoms with Crippen LogP contribution in [0.4, 0.5) is 28.9 Å². The van der Waals surface area contributed by atoms with E-state index in [1.807, 2.05) is 97.1 Å². The first kappa shape index (κ1) is 49.3. The van der Waals surface area contributed by atoms with Crippen LogP contribution >= 0.6 is 0 Å². The smallest absolute Gasteiger partial charge is 0.373 e. The predicted molar refractivity (Wildman–Crippen MR) is 239 cm³/mol. The van der Waals surface area contributed by atoms with Crippen molar-refractivity contribution in [2.45, 2.75) is 51.4 Å². The van der Waals surface area contributed by atoms with Crippen molar-refractivity contribution in [2.75, 3.05) is 10.6 Å². The van der Waals surface area contributed by atoms with Gasteiger partial charge < -0.3 is 10.6 Å². The van der Waals surface area contributed by atoms with Gasteiger partial charge in [0, 0.05) is 34.4 Å². The van der Waals surface area contributed by atoms with Crippen LogP contribution in [-0.4, -0.2) is 11.8 Å². The number of amides is 2. The van der Waals surface area contributed by atoms with Crippen molar-refractivity contribution >= 4 is 23.2 Å². The molecule has 0 aromatic heterocycles. The van der Waals surface area contributed by atoms with Crippen molar-refractivity contribution in [2.24, 2.45) is 0 Å². The van der Waals surface area contributed by atoms with Crippen LogP contribution < -0.4 is 10.6 Å². The summed E-state index contributed by atoms with van der Waals surface area (Å²) in [7, 11) is 0. The van der Waals surface area contributed by atoms with Gasteiger partial charge in [0.25, 0.3) is 0 Å². The van der Waals surface area contributed by atoms with E-state index in [0.29, 0.717) is 11.1 Å². The van der Waals surface area contributed by atoms with Crippen LogP contribution in [0.3, 0.4) is 0 Å². The van der Waals surface area contributed by atoms with E-state index in [9.17, 15) is 27.2 Å². The second kappa shape index (κ2) is 27.6. The van der Waals surface area contributed by atoms with Gasteiger partial charge in [-0.05, 0) is 84.3 Å². The Bertz CT molecular complexity index is 2280. The molecule has 0 unspecified atom stereocenters. The Labute approximate surface area is 383 Å². The fourth-order valence-corrected chi connectivity index (χ4v) is 6.31. The van der Waals surface area contributed by atoms with E-state index in [-0.39, 0.29) is 33.1 Å². The summed E-state index contributed by atoms with van der Waals surface area (Å²) >= 11 is 0. The van der Waals surface area contributed by atoms with Gasteiger partial charge in [-0.2, -0.15) is 12.2 Å². The fraction of sp³-hybridized carbons (Fsp3) is 0.148. The Kier molecular flexibility index (Phi) is 21.6. The van der Waals surface area contributed by atoms with Crippen LogP contribution in [0.2, 0.25) is 0 Å². The Morgan fingerprint density at radius 2 is 0.857 bits per heavy atom. The predicted octanol–water partition coefficient (Wildman–Crippen LogP) is 13.0. The van der Waals surface area contributed by atoms with Crippen molar-refractivity contribution in [3.63, 3.8) is 0 Å². The number of nitrogens with one attached hydrogen (secondary N) is 2. The van der Waals surface area contributed by atoms with Gasteiger partial charge in [-0.25, -0.2) is 41.9 Å². The first-order valence-corrected chi connectivity index (χ1v) is 20.3. The van der Waals surface area contributed by atoms with Gasteiger partial charge in [0.05, 0.1) is 0 Å². The van der Waals surface area contributed by atoms with Crippen molar-refractivity contribution in [1.29, 1.82) is 0 Å². The zero-order valence-corrected chi connectivity index (χ0v) is 36.2. The molecule has 0 atom stereocenters. The van der Waals surface area contributed by atoms with Gasteiger partial charge in [0.15, 0.2) is 0 Å². The number of hydrogen-bond donors (Lipinski definition) is 2. The molecule has 2 amide bonds. The quantitative estimate of drug-likeness (QED) is 0.0731. The summed E-state index contributed by atoms with van der Waals surface area (Å²) in [5.41, 5.74) is 5.09. The maximum atomic E-state index is 13.7. The van der Waals surface area contributed by atoms with Gasteiger partial charge in [-0.3, -0.25) is 21.7 Å². The molecule has 0 heterocycles. The summed E-state index contributed by atoms with van der Waals surface area (Å²) < 4.78 is 53.3. The molecule has 2 aliphatic rings. The fourth-order valence-electron chi connectivity index (χ4n) is 6.31. The normalized spacial score (nSPS) is 11.5. The van der Waals surface area contributed by atoms with Crippen molar-refractivity contribution in [1.82, 2.24) is 0 Å². The minimum absolute atomic E-state index is 0. The number of aryl methyl sites for hydroxylation is 4. The van der Waals surface area contributed by atoms with Gasteiger partial charge in [-0.15, -0.1) is 49.2 Å². The minimum atomic E-state index is -0.917. The summed E-state index contributed by atoms with van der Waals surface area (Å²) in [5.74, 6) is -4.28.